The lowest BCUT2D eigenvalue weighted by Crippen LogP contribution is -2.17. The van der Waals surface area contributed by atoms with Crippen LogP contribution in [-0.4, -0.2) is 34.3 Å². The van der Waals surface area contributed by atoms with Gasteiger partial charge in [-0.05, 0) is 18.9 Å². The number of aliphatic carboxylic acids is 1. The Morgan fingerprint density at radius 1 is 1.68 bits per heavy atom. The number of rotatable bonds is 6. The standard InChI is InChI=1S/C11H11N3O4S/c15-6-12-11-13-8(5-19-11)9(10(16)17)14-18-7-3-1-2-4-7/h1,3,5-7H,2,4H2,(H,16,17)(H,12,13,15)/b14-9+. The van der Waals surface area contributed by atoms with Crippen LogP contribution in [0.5, 0.6) is 0 Å². The number of anilines is 1. The minimum absolute atomic E-state index is 0.156. The van der Waals surface area contributed by atoms with E-state index in [9.17, 15) is 9.59 Å². The molecule has 2 rings (SSSR count). The highest BCUT2D eigenvalue weighted by atomic mass is 32.1. The Bertz CT molecular complexity index is 538. The fraction of sp³-hybridized carbons (Fsp3) is 0.273. The van der Waals surface area contributed by atoms with Crippen LogP contribution >= 0.6 is 11.3 Å². The van der Waals surface area contributed by atoms with Crippen molar-refractivity contribution >= 4 is 34.6 Å². The lowest BCUT2D eigenvalue weighted by Gasteiger charge is -2.05. The van der Waals surface area contributed by atoms with E-state index in [1.807, 2.05) is 12.2 Å². The third kappa shape index (κ3) is 3.38. The lowest BCUT2D eigenvalue weighted by molar-refractivity contribution is -0.129. The molecular weight excluding hydrogens is 270 g/mol. The van der Waals surface area contributed by atoms with Crippen LogP contribution in [0, 0.1) is 0 Å². The summed E-state index contributed by atoms with van der Waals surface area (Å²) in [6, 6.07) is 0. The molecule has 100 valence electrons. The summed E-state index contributed by atoms with van der Waals surface area (Å²) in [6.45, 7) is 0. The average molecular weight is 281 g/mol. The molecule has 1 atom stereocenters. The Hall–Kier alpha value is -2.22. The number of carbonyl (C=O) groups is 2. The summed E-state index contributed by atoms with van der Waals surface area (Å²) in [4.78, 5) is 30.5. The summed E-state index contributed by atoms with van der Waals surface area (Å²) in [5.74, 6) is -1.23. The first-order valence-corrected chi connectivity index (χ1v) is 6.38. The first kappa shape index (κ1) is 13.2. The third-order valence-corrected chi connectivity index (χ3v) is 3.15. The maximum absolute atomic E-state index is 11.1. The molecule has 0 saturated heterocycles. The highest BCUT2D eigenvalue weighted by Crippen LogP contribution is 2.17. The molecule has 0 radical (unpaired) electrons. The van der Waals surface area contributed by atoms with E-state index in [2.05, 4.69) is 15.5 Å². The van der Waals surface area contributed by atoms with E-state index in [4.69, 9.17) is 9.94 Å². The number of thiazole rings is 1. The maximum Gasteiger partial charge on any atom is 0.360 e. The van der Waals surface area contributed by atoms with Gasteiger partial charge in [0.1, 0.15) is 11.8 Å². The molecule has 7 nitrogen and oxygen atoms in total. The number of hydrogen-bond donors (Lipinski definition) is 2. The van der Waals surface area contributed by atoms with Gasteiger partial charge in [0, 0.05) is 5.38 Å². The number of carboxylic acids is 1. The van der Waals surface area contributed by atoms with E-state index in [0.717, 1.165) is 24.2 Å². The molecule has 1 aliphatic carbocycles. The Labute approximate surface area is 112 Å². The second-order valence-electron chi connectivity index (χ2n) is 3.69. The molecule has 1 aliphatic rings. The highest BCUT2D eigenvalue weighted by Gasteiger charge is 2.19. The largest absolute Gasteiger partial charge is 0.476 e. The van der Waals surface area contributed by atoms with Gasteiger partial charge >= 0.3 is 5.97 Å². The second-order valence-corrected chi connectivity index (χ2v) is 4.55. The molecule has 0 bridgehead atoms. The topological polar surface area (TPSA) is 101 Å². The summed E-state index contributed by atoms with van der Waals surface area (Å²) in [7, 11) is 0. The van der Waals surface area contributed by atoms with Crippen molar-refractivity contribution in [2.75, 3.05) is 5.32 Å². The predicted molar refractivity (Wildman–Crippen MR) is 69.2 cm³/mol. The number of nitrogens with one attached hydrogen (secondary N) is 1. The van der Waals surface area contributed by atoms with Crippen LogP contribution in [-0.2, 0) is 14.4 Å². The maximum atomic E-state index is 11.1. The van der Waals surface area contributed by atoms with Crippen molar-refractivity contribution in [1.29, 1.82) is 0 Å². The smallest absolute Gasteiger partial charge is 0.360 e. The molecule has 0 aromatic carbocycles. The van der Waals surface area contributed by atoms with Gasteiger partial charge in [-0.3, -0.25) is 4.79 Å². The molecule has 8 heteroatoms. The van der Waals surface area contributed by atoms with Gasteiger partial charge in [0.05, 0.1) is 0 Å². The fourth-order valence-electron chi connectivity index (χ4n) is 1.51. The van der Waals surface area contributed by atoms with Gasteiger partial charge in [0.15, 0.2) is 5.13 Å². The number of nitrogens with zero attached hydrogens (tertiary/aromatic N) is 2. The Kier molecular flexibility index (Phi) is 4.24. The van der Waals surface area contributed by atoms with Gasteiger partial charge < -0.3 is 15.3 Å². The van der Waals surface area contributed by atoms with Gasteiger partial charge in [-0.1, -0.05) is 11.2 Å². The summed E-state index contributed by atoms with van der Waals surface area (Å²) in [5, 5.41) is 16.9. The van der Waals surface area contributed by atoms with Crippen molar-refractivity contribution in [3.05, 3.63) is 23.2 Å². The summed E-state index contributed by atoms with van der Waals surface area (Å²) < 4.78 is 0. The molecule has 0 saturated carbocycles. The lowest BCUT2D eigenvalue weighted by atomic mass is 10.3. The van der Waals surface area contributed by atoms with Crippen molar-refractivity contribution in [3.8, 4) is 0 Å². The van der Waals surface area contributed by atoms with Gasteiger partial charge in [-0.25, -0.2) is 9.78 Å². The van der Waals surface area contributed by atoms with E-state index in [0.29, 0.717) is 11.5 Å². The SMILES string of the molecule is O=CNc1nc(/C(=N\OC2C=CCC2)C(=O)O)cs1. The number of hydrogen-bond acceptors (Lipinski definition) is 6. The number of aromatic nitrogens is 1. The van der Waals surface area contributed by atoms with Crippen molar-refractivity contribution in [2.24, 2.45) is 5.16 Å². The quantitative estimate of drug-likeness (QED) is 0.353. The Morgan fingerprint density at radius 3 is 3.16 bits per heavy atom. The minimum atomic E-state index is -1.23. The molecule has 0 fully saturated rings. The Balaban J connectivity index is 2.13. The van der Waals surface area contributed by atoms with E-state index in [-0.39, 0.29) is 17.5 Å². The molecule has 19 heavy (non-hydrogen) atoms. The molecule has 1 aromatic heterocycles. The molecule has 0 aliphatic heterocycles. The summed E-state index contributed by atoms with van der Waals surface area (Å²) in [5.41, 5.74) is -0.126. The number of oxime groups is 1. The van der Waals surface area contributed by atoms with Crippen LogP contribution in [0.1, 0.15) is 18.5 Å². The Morgan fingerprint density at radius 2 is 2.53 bits per heavy atom. The normalized spacial score (nSPS) is 18.3. The van der Waals surface area contributed by atoms with Crippen LogP contribution in [0.15, 0.2) is 22.7 Å². The van der Waals surface area contributed by atoms with Crippen molar-refractivity contribution in [3.63, 3.8) is 0 Å². The van der Waals surface area contributed by atoms with Crippen molar-refractivity contribution in [2.45, 2.75) is 18.9 Å². The molecule has 1 unspecified atom stereocenters. The van der Waals surface area contributed by atoms with Gasteiger partial charge in [0.2, 0.25) is 12.1 Å². The first-order chi connectivity index (χ1) is 9.20. The van der Waals surface area contributed by atoms with Crippen LogP contribution in [0.4, 0.5) is 5.13 Å². The third-order valence-electron chi connectivity index (χ3n) is 2.38. The predicted octanol–water partition coefficient (Wildman–Crippen LogP) is 1.24. The number of carboxylic acid groups (broad SMARTS) is 1. The average Bonchev–Trinajstić information content (AvgIpc) is 3.01. The second kappa shape index (κ2) is 6.10. The summed E-state index contributed by atoms with van der Waals surface area (Å²) >= 11 is 1.11. The van der Waals surface area contributed by atoms with Crippen LogP contribution in [0.2, 0.25) is 0 Å². The molecule has 2 N–H and O–H groups in total. The molecule has 0 spiro atoms. The summed E-state index contributed by atoms with van der Waals surface area (Å²) in [6.07, 6.45) is 5.75. The van der Waals surface area contributed by atoms with E-state index in [1.54, 1.807) is 0 Å². The zero-order valence-corrected chi connectivity index (χ0v) is 10.6. The van der Waals surface area contributed by atoms with Crippen molar-refractivity contribution in [1.82, 2.24) is 4.98 Å². The zero-order chi connectivity index (χ0) is 13.7. The van der Waals surface area contributed by atoms with Gasteiger partial charge in [-0.2, -0.15) is 0 Å². The fourth-order valence-corrected chi connectivity index (χ4v) is 2.16. The van der Waals surface area contributed by atoms with Gasteiger partial charge in [0.25, 0.3) is 0 Å². The van der Waals surface area contributed by atoms with Crippen LogP contribution in [0.3, 0.4) is 0 Å². The highest BCUT2D eigenvalue weighted by molar-refractivity contribution is 7.14. The zero-order valence-electron chi connectivity index (χ0n) is 9.78. The molecular formula is C11H11N3O4S. The molecule has 1 heterocycles. The first-order valence-electron chi connectivity index (χ1n) is 5.50. The monoisotopic (exact) mass is 281 g/mol. The molecule has 1 aromatic rings. The number of carbonyl (C=O) groups excluding carboxylic acids is 1. The van der Waals surface area contributed by atoms with Crippen LogP contribution < -0.4 is 5.32 Å². The van der Waals surface area contributed by atoms with E-state index in [1.165, 1.54) is 5.38 Å². The van der Waals surface area contributed by atoms with E-state index < -0.39 is 5.97 Å². The van der Waals surface area contributed by atoms with Crippen molar-refractivity contribution < 1.29 is 19.5 Å². The van der Waals surface area contributed by atoms with Gasteiger partial charge in [-0.15, -0.1) is 11.3 Å². The number of amides is 1. The van der Waals surface area contributed by atoms with E-state index >= 15 is 0 Å². The number of allylic oxidation sites excluding steroid dienone is 1. The minimum Gasteiger partial charge on any atom is -0.476 e. The van der Waals surface area contributed by atoms with Crippen LogP contribution in [0.25, 0.3) is 0 Å². The molecule has 1 amide bonds.